The minimum Gasteiger partial charge on any atom is -0.479 e. The molecule has 0 bridgehead atoms. The predicted molar refractivity (Wildman–Crippen MR) is 146 cm³/mol. The van der Waals surface area contributed by atoms with Gasteiger partial charge in [-0.05, 0) is 65.1 Å². The SMILES string of the molecule is CC(C)(C)c1ccc(N(Cc2ccc(C(=O)NC[C@H](O)C(=O)O)cc2)C(=O)Nc2ccc(OC(F)(F)F)cc2)cc1. The molecular weight excluding hydrogens is 543 g/mol. The smallest absolute Gasteiger partial charge is 0.479 e. The maximum Gasteiger partial charge on any atom is 0.573 e. The van der Waals surface area contributed by atoms with E-state index in [1.54, 1.807) is 24.3 Å². The van der Waals surface area contributed by atoms with E-state index in [0.29, 0.717) is 11.3 Å². The molecule has 218 valence electrons. The van der Waals surface area contributed by atoms with Crippen molar-refractivity contribution in [1.29, 1.82) is 0 Å². The number of hydrogen-bond donors (Lipinski definition) is 4. The number of halogens is 3. The molecule has 0 unspecified atom stereocenters. The molecule has 4 N–H and O–H groups in total. The van der Waals surface area contributed by atoms with Gasteiger partial charge in [-0.2, -0.15) is 0 Å². The van der Waals surface area contributed by atoms with Gasteiger partial charge in [0.15, 0.2) is 6.10 Å². The minimum absolute atomic E-state index is 0.0790. The number of alkyl halides is 3. The average molecular weight is 574 g/mol. The number of carbonyl (C=O) groups is 3. The van der Waals surface area contributed by atoms with Gasteiger partial charge in [0.05, 0.1) is 13.1 Å². The summed E-state index contributed by atoms with van der Waals surface area (Å²) in [6.45, 7) is 5.78. The Hall–Kier alpha value is -4.58. The van der Waals surface area contributed by atoms with E-state index in [9.17, 15) is 32.7 Å². The Morgan fingerprint density at radius 1 is 0.902 bits per heavy atom. The van der Waals surface area contributed by atoms with Gasteiger partial charge in [-0.1, -0.05) is 45.0 Å². The number of nitrogens with zero attached hydrogens (tertiary/aromatic N) is 1. The third-order valence-electron chi connectivity index (χ3n) is 5.93. The third-order valence-corrected chi connectivity index (χ3v) is 5.93. The van der Waals surface area contributed by atoms with Crippen molar-refractivity contribution in [1.82, 2.24) is 5.32 Å². The number of rotatable bonds is 9. The van der Waals surface area contributed by atoms with Crippen molar-refractivity contribution in [3.8, 4) is 5.75 Å². The van der Waals surface area contributed by atoms with Crippen LogP contribution in [0.3, 0.4) is 0 Å². The molecule has 0 aliphatic carbocycles. The van der Waals surface area contributed by atoms with E-state index in [4.69, 9.17) is 5.11 Å². The quantitative estimate of drug-likeness (QED) is 0.275. The number of nitrogens with one attached hydrogen (secondary N) is 2. The fourth-order valence-corrected chi connectivity index (χ4v) is 3.68. The van der Waals surface area contributed by atoms with Crippen LogP contribution in [0.2, 0.25) is 0 Å². The van der Waals surface area contributed by atoms with Crippen molar-refractivity contribution in [3.05, 3.63) is 89.5 Å². The van der Waals surface area contributed by atoms with Crippen molar-refractivity contribution in [2.24, 2.45) is 0 Å². The number of carbonyl (C=O) groups excluding carboxylic acids is 2. The van der Waals surface area contributed by atoms with Crippen LogP contribution in [0.1, 0.15) is 42.3 Å². The first kappa shape index (κ1) is 31.0. The lowest BCUT2D eigenvalue weighted by molar-refractivity contribution is -0.274. The number of carboxylic acids is 1. The number of anilines is 2. The van der Waals surface area contributed by atoms with Crippen LogP contribution >= 0.6 is 0 Å². The molecule has 1 atom stereocenters. The molecule has 3 aromatic rings. The topological polar surface area (TPSA) is 128 Å². The second kappa shape index (κ2) is 12.7. The number of hydrogen-bond acceptors (Lipinski definition) is 5. The Bertz CT molecular complexity index is 1350. The molecule has 3 amide bonds. The number of aliphatic hydroxyl groups excluding tert-OH is 1. The molecule has 3 rings (SSSR count). The van der Waals surface area contributed by atoms with Crippen LogP contribution in [0.4, 0.5) is 29.3 Å². The number of aliphatic hydroxyl groups is 1. The number of carboxylic acid groups (broad SMARTS) is 1. The summed E-state index contributed by atoms with van der Waals surface area (Å²) in [6.07, 6.45) is -6.57. The maximum absolute atomic E-state index is 13.4. The summed E-state index contributed by atoms with van der Waals surface area (Å²) < 4.78 is 41.3. The maximum atomic E-state index is 13.4. The van der Waals surface area contributed by atoms with Crippen molar-refractivity contribution in [2.75, 3.05) is 16.8 Å². The lowest BCUT2D eigenvalue weighted by Gasteiger charge is -2.25. The summed E-state index contributed by atoms with van der Waals surface area (Å²) in [5, 5.41) is 23.1. The van der Waals surface area contributed by atoms with E-state index in [1.807, 2.05) is 12.1 Å². The first-order valence-corrected chi connectivity index (χ1v) is 12.5. The van der Waals surface area contributed by atoms with E-state index >= 15 is 0 Å². The minimum atomic E-state index is -4.84. The fraction of sp³-hybridized carbons (Fsp3) is 0.276. The molecule has 41 heavy (non-hydrogen) atoms. The zero-order valence-corrected chi connectivity index (χ0v) is 22.5. The Morgan fingerprint density at radius 2 is 1.49 bits per heavy atom. The molecule has 0 aromatic heterocycles. The number of urea groups is 1. The van der Waals surface area contributed by atoms with Crippen LogP contribution in [0.15, 0.2) is 72.8 Å². The van der Waals surface area contributed by atoms with Gasteiger partial charge < -0.3 is 25.6 Å². The van der Waals surface area contributed by atoms with Crippen molar-refractivity contribution in [2.45, 2.75) is 45.2 Å². The molecule has 0 aliphatic rings. The van der Waals surface area contributed by atoms with Crippen molar-refractivity contribution in [3.63, 3.8) is 0 Å². The molecule has 0 spiro atoms. The average Bonchev–Trinajstić information content (AvgIpc) is 2.90. The van der Waals surface area contributed by atoms with E-state index in [-0.39, 0.29) is 23.2 Å². The molecular formula is C29H30F3N3O6. The van der Waals surface area contributed by atoms with Gasteiger partial charge in [-0.3, -0.25) is 9.69 Å². The van der Waals surface area contributed by atoms with Crippen LogP contribution in [0, 0.1) is 0 Å². The summed E-state index contributed by atoms with van der Waals surface area (Å²) in [4.78, 5) is 37.8. The number of aliphatic carboxylic acids is 1. The van der Waals surface area contributed by atoms with Gasteiger partial charge in [0, 0.05) is 16.9 Å². The molecule has 3 aromatic carbocycles. The van der Waals surface area contributed by atoms with Gasteiger partial charge in [0.1, 0.15) is 5.75 Å². The number of ether oxygens (including phenoxy) is 1. The summed E-state index contributed by atoms with van der Waals surface area (Å²) in [7, 11) is 0. The normalized spacial score (nSPS) is 12.3. The fourth-order valence-electron chi connectivity index (χ4n) is 3.68. The van der Waals surface area contributed by atoms with E-state index in [0.717, 1.165) is 17.7 Å². The highest BCUT2D eigenvalue weighted by Crippen LogP contribution is 2.27. The first-order valence-electron chi connectivity index (χ1n) is 12.5. The lowest BCUT2D eigenvalue weighted by Crippen LogP contribution is -2.36. The number of amides is 3. The Morgan fingerprint density at radius 3 is 2.00 bits per heavy atom. The Labute approximate surface area is 234 Å². The second-order valence-electron chi connectivity index (χ2n) is 10.1. The zero-order valence-electron chi connectivity index (χ0n) is 22.5. The Kier molecular flexibility index (Phi) is 9.61. The second-order valence-corrected chi connectivity index (χ2v) is 10.1. The molecule has 9 nitrogen and oxygen atoms in total. The van der Waals surface area contributed by atoms with Gasteiger partial charge in [0.25, 0.3) is 5.91 Å². The van der Waals surface area contributed by atoms with Crippen molar-refractivity contribution >= 4 is 29.3 Å². The highest BCUT2D eigenvalue weighted by molar-refractivity contribution is 6.01. The number of benzene rings is 3. The van der Waals surface area contributed by atoms with E-state index in [1.165, 1.54) is 29.2 Å². The largest absolute Gasteiger partial charge is 0.573 e. The summed E-state index contributed by atoms with van der Waals surface area (Å²) in [5.74, 6) is -2.46. The van der Waals surface area contributed by atoms with Crippen LogP contribution in [0.25, 0.3) is 0 Å². The van der Waals surface area contributed by atoms with Crippen molar-refractivity contribution < 1.29 is 42.5 Å². The molecule has 0 fully saturated rings. The lowest BCUT2D eigenvalue weighted by atomic mass is 9.87. The van der Waals surface area contributed by atoms with Crippen LogP contribution < -0.4 is 20.3 Å². The zero-order chi connectivity index (χ0) is 30.4. The van der Waals surface area contributed by atoms with E-state index in [2.05, 4.69) is 36.1 Å². The molecule has 0 saturated heterocycles. The molecule has 0 radical (unpaired) electrons. The van der Waals surface area contributed by atoms with Gasteiger partial charge >= 0.3 is 18.4 Å². The van der Waals surface area contributed by atoms with Crippen LogP contribution in [0.5, 0.6) is 5.75 Å². The summed E-state index contributed by atoms with van der Waals surface area (Å²) >= 11 is 0. The van der Waals surface area contributed by atoms with E-state index < -0.39 is 42.7 Å². The summed E-state index contributed by atoms with van der Waals surface area (Å²) in [5.41, 5.74) is 2.59. The monoisotopic (exact) mass is 573 g/mol. The highest BCUT2D eigenvalue weighted by Gasteiger charge is 2.31. The van der Waals surface area contributed by atoms with Crippen LogP contribution in [-0.4, -0.2) is 47.1 Å². The van der Waals surface area contributed by atoms with Gasteiger partial charge in [-0.15, -0.1) is 13.2 Å². The third kappa shape index (κ3) is 9.24. The summed E-state index contributed by atoms with van der Waals surface area (Å²) in [6, 6.07) is 17.8. The van der Waals surface area contributed by atoms with Gasteiger partial charge in [-0.25, -0.2) is 9.59 Å². The molecule has 0 aliphatic heterocycles. The predicted octanol–water partition coefficient (Wildman–Crippen LogP) is 5.30. The molecule has 0 saturated carbocycles. The standard InChI is InChI=1S/C29H30F3N3O6/c1-28(2,3)20-8-12-22(13-9-20)35(27(40)34-21-10-14-23(15-11-21)41-29(30,31)32)17-18-4-6-19(7-5-18)25(37)33-16-24(36)26(38)39/h4-15,24,36H,16-17H2,1-3H3,(H,33,37)(H,34,40)(H,38,39)/t24-/m0/s1. The first-order chi connectivity index (χ1) is 19.1. The molecule has 12 heteroatoms. The highest BCUT2D eigenvalue weighted by atomic mass is 19.4. The van der Waals surface area contributed by atoms with Gasteiger partial charge in [0.2, 0.25) is 0 Å². The molecule has 0 heterocycles. The Balaban J connectivity index is 1.80. The van der Waals surface area contributed by atoms with Crippen LogP contribution in [-0.2, 0) is 16.8 Å².